The molecule has 0 aromatic heterocycles. The van der Waals surface area contributed by atoms with Crippen molar-refractivity contribution in [2.45, 2.75) is 19.3 Å². The van der Waals surface area contributed by atoms with E-state index in [1.54, 1.807) is 6.07 Å². The minimum atomic E-state index is 0.659. The van der Waals surface area contributed by atoms with E-state index in [9.17, 15) is 0 Å². The van der Waals surface area contributed by atoms with Gasteiger partial charge in [-0.2, -0.15) is 0 Å². The van der Waals surface area contributed by atoms with Crippen LogP contribution in [0.4, 0.5) is 5.69 Å². The van der Waals surface area contributed by atoms with Gasteiger partial charge in [-0.1, -0.05) is 35.4 Å². The summed E-state index contributed by atoms with van der Waals surface area (Å²) in [4.78, 5) is 3.09. The summed E-state index contributed by atoms with van der Waals surface area (Å²) in [6, 6.07) is 5.54. The Labute approximate surface area is 105 Å². The number of benzene rings is 1. The maximum atomic E-state index is 6.14. The summed E-state index contributed by atoms with van der Waals surface area (Å²) in [5.74, 6) is 0. The van der Waals surface area contributed by atoms with Crippen molar-refractivity contribution in [3.63, 3.8) is 0 Å². The molecule has 2 rings (SSSR count). The zero-order valence-corrected chi connectivity index (χ0v) is 10.5. The number of hydrogen-bond donors (Lipinski definition) is 0. The lowest BCUT2D eigenvalue weighted by Gasteiger charge is -2.30. The first-order valence-corrected chi connectivity index (χ1v) is 6.10. The molecule has 1 fully saturated rings. The van der Waals surface area contributed by atoms with Crippen LogP contribution in [0.2, 0.25) is 10.0 Å². The molecule has 0 atom stereocenters. The first-order chi connectivity index (χ1) is 7.18. The van der Waals surface area contributed by atoms with Crippen LogP contribution in [0.25, 0.3) is 0 Å². The number of hydrogen-bond acceptors (Lipinski definition) is 1. The van der Waals surface area contributed by atoms with Gasteiger partial charge in [-0.15, -0.1) is 0 Å². The van der Waals surface area contributed by atoms with E-state index in [0.717, 1.165) is 23.6 Å². The molecule has 1 saturated heterocycles. The Balaban J connectivity index is 2.31. The largest absolute Gasteiger partial charge is 0.335 e. The fraction of sp³-hybridized carbons (Fsp3) is 0.364. The molecule has 1 heterocycles. The Morgan fingerprint density at radius 3 is 2.67 bits per heavy atom. The van der Waals surface area contributed by atoms with E-state index in [1.165, 1.54) is 12.8 Å². The summed E-state index contributed by atoms with van der Waals surface area (Å²) in [7, 11) is 0. The Hall–Kier alpha value is -0.310. The molecule has 0 saturated carbocycles. The minimum Gasteiger partial charge on any atom is -0.335 e. The van der Waals surface area contributed by atoms with Crippen LogP contribution in [0.5, 0.6) is 0 Å². The van der Waals surface area contributed by atoms with Crippen molar-refractivity contribution >= 4 is 46.1 Å². The Morgan fingerprint density at radius 1 is 1.20 bits per heavy atom. The van der Waals surface area contributed by atoms with Crippen LogP contribution in [0.1, 0.15) is 19.3 Å². The molecule has 4 heteroatoms. The van der Waals surface area contributed by atoms with E-state index < -0.39 is 0 Å². The first kappa shape index (κ1) is 11.2. The Kier molecular flexibility index (Phi) is 3.49. The monoisotopic (exact) mass is 259 g/mol. The lowest BCUT2D eigenvalue weighted by Crippen LogP contribution is -2.34. The first-order valence-electron chi connectivity index (χ1n) is 4.94. The molecule has 0 radical (unpaired) electrons. The van der Waals surface area contributed by atoms with Gasteiger partial charge >= 0.3 is 0 Å². The van der Waals surface area contributed by atoms with Crippen molar-refractivity contribution in [1.82, 2.24) is 0 Å². The highest BCUT2D eigenvalue weighted by Crippen LogP contribution is 2.31. The molecule has 0 aliphatic carbocycles. The SMILES string of the molecule is S=C1CCCCN1c1ccc(Cl)cc1Cl. The molecule has 0 spiro atoms. The van der Waals surface area contributed by atoms with Gasteiger partial charge in [0.1, 0.15) is 0 Å². The minimum absolute atomic E-state index is 0.659. The van der Waals surface area contributed by atoms with Crippen molar-refractivity contribution in [2.24, 2.45) is 0 Å². The number of nitrogens with zero attached hydrogens (tertiary/aromatic N) is 1. The molecule has 80 valence electrons. The molecule has 0 unspecified atom stereocenters. The quantitative estimate of drug-likeness (QED) is 0.692. The van der Waals surface area contributed by atoms with Crippen LogP contribution in [0, 0.1) is 0 Å². The van der Waals surface area contributed by atoms with Gasteiger partial charge in [-0.05, 0) is 37.5 Å². The summed E-state index contributed by atoms with van der Waals surface area (Å²) < 4.78 is 0. The lowest BCUT2D eigenvalue weighted by molar-refractivity contribution is 0.720. The van der Waals surface area contributed by atoms with Gasteiger partial charge in [0.25, 0.3) is 0 Å². The van der Waals surface area contributed by atoms with Gasteiger partial charge in [0.05, 0.1) is 15.7 Å². The summed E-state index contributed by atoms with van der Waals surface area (Å²) in [5, 5.41) is 1.33. The third-order valence-electron chi connectivity index (χ3n) is 2.52. The fourth-order valence-electron chi connectivity index (χ4n) is 1.76. The van der Waals surface area contributed by atoms with Crippen molar-refractivity contribution in [2.75, 3.05) is 11.4 Å². The van der Waals surface area contributed by atoms with Crippen LogP contribution in [0.3, 0.4) is 0 Å². The second-order valence-corrected chi connectivity index (χ2v) is 4.91. The predicted octanol–water partition coefficient (Wildman–Crippen LogP) is 4.31. The molecule has 15 heavy (non-hydrogen) atoms. The maximum absolute atomic E-state index is 6.14. The van der Waals surface area contributed by atoms with Crippen molar-refractivity contribution in [3.05, 3.63) is 28.2 Å². The highest BCUT2D eigenvalue weighted by atomic mass is 35.5. The average molecular weight is 260 g/mol. The summed E-state index contributed by atoms with van der Waals surface area (Å²) in [6.45, 7) is 0.959. The standard InChI is InChI=1S/C11H11Cl2NS/c12-8-4-5-10(9(13)7-8)14-6-2-1-3-11(14)15/h4-5,7H,1-3,6H2. The fourth-order valence-corrected chi connectivity index (χ4v) is 2.61. The van der Waals surface area contributed by atoms with E-state index >= 15 is 0 Å². The van der Waals surface area contributed by atoms with Gasteiger partial charge in [-0.3, -0.25) is 0 Å². The van der Waals surface area contributed by atoms with Crippen molar-refractivity contribution in [3.8, 4) is 0 Å². The van der Waals surface area contributed by atoms with E-state index in [1.807, 2.05) is 12.1 Å². The van der Waals surface area contributed by atoms with Crippen LogP contribution in [-0.4, -0.2) is 11.5 Å². The third kappa shape index (κ3) is 2.44. The van der Waals surface area contributed by atoms with Crippen molar-refractivity contribution < 1.29 is 0 Å². The average Bonchev–Trinajstić information content (AvgIpc) is 2.20. The van der Waals surface area contributed by atoms with Gasteiger partial charge < -0.3 is 4.90 Å². The van der Waals surface area contributed by atoms with Crippen LogP contribution >= 0.6 is 35.4 Å². The number of anilines is 1. The van der Waals surface area contributed by atoms with Crippen LogP contribution in [-0.2, 0) is 0 Å². The Bertz CT molecular complexity index is 392. The van der Waals surface area contributed by atoms with Crippen molar-refractivity contribution in [1.29, 1.82) is 0 Å². The zero-order valence-electron chi connectivity index (χ0n) is 8.17. The molecule has 1 aromatic rings. The molecule has 1 aromatic carbocycles. The third-order valence-corrected chi connectivity index (χ3v) is 3.49. The van der Waals surface area contributed by atoms with Gasteiger partial charge in [-0.25, -0.2) is 0 Å². The molecule has 0 amide bonds. The maximum Gasteiger partial charge on any atom is 0.0824 e. The van der Waals surface area contributed by atoms with Gasteiger partial charge in [0, 0.05) is 11.6 Å². The normalized spacial score (nSPS) is 16.9. The number of thiocarbonyl (C=S) groups is 1. The molecule has 0 N–H and O–H groups in total. The van der Waals surface area contributed by atoms with E-state index in [4.69, 9.17) is 35.4 Å². The zero-order chi connectivity index (χ0) is 10.8. The number of piperidine rings is 1. The molecule has 1 nitrogen and oxygen atoms in total. The Morgan fingerprint density at radius 2 is 2.00 bits per heavy atom. The molecule has 0 bridgehead atoms. The molecular formula is C11H11Cl2NS. The molecule has 1 aliphatic heterocycles. The van der Waals surface area contributed by atoms with Gasteiger partial charge in [0.15, 0.2) is 0 Å². The molecule has 1 aliphatic rings. The number of halogens is 2. The van der Waals surface area contributed by atoms with Gasteiger partial charge in [0.2, 0.25) is 0 Å². The number of rotatable bonds is 1. The van der Waals surface area contributed by atoms with E-state index in [0.29, 0.717) is 10.0 Å². The topological polar surface area (TPSA) is 3.24 Å². The van der Waals surface area contributed by atoms with Crippen LogP contribution in [0.15, 0.2) is 18.2 Å². The second-order valence-electron chi connectivity index (χ2n) is 3.60. The predicted molar refractivity (Wildman–Crippen MR) is 70.3 cm³/mol. The van der Waals surface area contributed by atoms with Crippen LogP contribution < -0.4 is 4.90 Å². The smallest absolute Gasteiger partial charge is 0.0824 e. The lowest BCUT2D eigenvalue weighted by atomic mass is 10.1. The summed E-state index contributed by atoms with van der Waals surface area (Å²) >= 11 is 17.3. The highest BCUT2D eigenvalue weighted by molar-refractivity contribution is 7.80. The summed E-state index contributed by atoms with van der Waals surface area (Å²) in [5.41, 5.74) is 0.978. The van der Waals surface area contributed by atoms with E-state index in [-0.39, 0.29) is 0 Å². The second kappa shape index (κ2) is 4.69. The van der Waals surface area contributed by atoms with E-state index in [2.05, 4.69) is 4.90 Å². The molecular weight excluding hydrogens is 249 g/mol. The summed E-state index contributed by atoms with van der Waals surface area (Å²) in [6.07, 6.45) is 3.33. The highest BCUT2D eigenvalue weighted by Gasteiger charge is 2.18.